The highest BCUT2D eigenvalue weighted by Crippen LogP contribution is 2.38. The molecule has 0 saturated carbocycles. The SMILES string of the molecule is CCCCCC1CCCCc2[nH]c3ccccc3c21. The van der Waals surface area contributed by atoms with E-state index in [0.29, 0.717) is 0 Å². The molecule has 0 bridgehead atoms. The third-order valence-corrected chi connectivity index (χ3v) is 4.62. The highest BCUT2D eigenvalue weighted by atomic mass is 14.7. The van der Waals surface area contributed by atoms with Crippen molar-refractivity contribution < 1.29 is 0 Å². The Kier molecular flexibility index (Phi) is 3.91. The minimum absolute atomic E-state index is 0.792. The first kappa shape index (κ1) is 12.8. The van der Waals surface area contributed by atoms with Crippen LogP contribution in [0.2, 0.25) is 0 Å². The Morgan fingerprint density at radius 1 is 1.16 bits per heavy atom. The van der Waals surface area contributed by atoms with Crippen molar-refractivity contribution in [3.8, 4) is 0 Å². The van der Waals surface area contributed by atoms with Crippen LogP contribution in [-0.2, 0) is 6.42 Å². The van der Waals surface area contributed by atoms with Gasteiger partial charge in [0.2, 0.25) is 0 Å². The third kappa shape index (κ3) is 2.56. The molecule has 0 aliphatic heterocycles. The molecule has 0 saturated heterocycles. The van der Waals surface area contributed by atoms with Crippen LogP contribution in [0.1, 0.15) is 69.0 Å². The number of aromatic amines is 1. The van der Waals surface area contributed by atoms with Gasteiger partial charge in [-0.3, -0.25) is 0 Å². The number of rotatable bonds is 4. The van der Waals surface area contributed by atoms with Crippen LogP contribution in [0, 0.1) is 0 Å². The van der Waals surface area contributed by atoms with Gasteiger partial charge in [-0.15, -0.1) is 0 Å². The van der Waals surface area contributed by atoms with Gasteiger partial charge in [0.1, 0.15) is 0 Å². The normalized spacial score (nSPS) is 19.3. The van der Waals surface area contributed by atoms with E-state index in [9.17, 15) is 0 Å². The van der Waals surface area contributed by atoms with Gasteiger partial charge in [0.05, 0.1) is 0 Å². The second-order valence-corrected chi connectivity index (χ2v) is 6.00. The maximum Gasteiger partial charge on any atom is 0.0459 e. The van der Waals surface area contributed by atoms with Crippen molar-refractivity contribution in [3.63, 3.8) is 0 Å². The van der Waals surface area contributed by atoms with Crippen molar-refractivity contribution in [1.82, 2.24) is 4.98 Å². The van der Waals surface area contributed by atoms with Crippen molar-refractivity contribution >= 4 is 10.9 Å². The Labute approximate surface area is 116 Å². The van der Waals surface area contributed by atoms with Gasteiger partial charge in [-0.1, -0.05) is 50.8 Å². The number of nitrogens with one attached hydrogen (secondary N) is 1. The van der Waals surface area contributed by atoms with Crippen LogP contribution in [0.25, 0.3) is 10.9 Å². The molecule has 1 heteroatoms. The summed E-state index contributed by atoms with van der Waals surface area (Å²) in [6.07, 6.45) is 10.9. The van der Waals surface area contributed by atoms with Gasteiger partial charge in [-0.2, -0.15) is 0 Å². The predicted molar refractivity (Wildman–Crippen MR) is 82.7 cm³/mol. The summed E-state index contributed by atoms with van der Waals surface area (Å²) in [7, 11) is 0. The van der Waals surface area contributed by atoms with E-state index in [-0.39, 0.29) is 0 Å². The van der Waals surface area contributed by atoms with Crippen LogP contribution in [0.5, 0.6) is 0 Å². The maximum atomic E-state index is 3.68. The maximum absolute atomic E-state index is 3.68. The number of benzene rings is 1. The van der Waals surface area contributed by atoms with E-state index in [1.807, 2.05) is 0 Å². The van der Waals surface area contributed by atoms with Gasteiger partial charge in [0.25, 0.3) is 0 Å². The number of fused-ring (bicyclic) bond motifs is 3. The fraction of sp³-hybridized carbons (Fsp3) is 0.556. The van der Waals surface area contributed by atoms with E-state index in [1.165, 1.54) is 68.0 Å². The van der Waals surface area contributed by atoms with Gasteiger partial charge in [-0.25, -0.2) is 0 Å². The minimum Gasteiger partial charge on any atom is -0.358 e. The van der Waals surface area contributed by atoms with Crippen molar-refractivity contribution in [1.29, 1.82) is 0 Å². The zero-order valence-electron chi connectivity index (χ0n) is 12.0. The molecule has 1 aliphatic carbocycles. The summed E-state index contributed by atoms with van der Waals surface area (Å²) in [5.74, 6) is 0.792. The molecule has 1 nitrogen and oxygen atoms in total. The third-order valence-electron chi connectivity index (χ3n) is 4.62. The molecule has 1 aliphatic rings. The Morgan fingerprint density at radius 3 is 2.95 bits per heavy atom. The Morgan fingerprint density at radius 2 is 2.05 bits per heavy atom. The minimum atomic E-state index is 0.792. The Balaban J connectivity index is 1.95. The molecule has 1 aromatic carbocycles. The van der Waals surface area contributed by atoms with Crippen molar-refractivity contribution in [3.05, 3.63) is 35.5 Å². The molecule has 1 unspecified atom stereocenters. The van der Waals surface area contributed by atoms with E-state index in [0.717, 1.165) is 5.92 Å². The highest BCUT2D eigenvalue weighted by molar-refractivity contribution is 5.85. The summed E-state index contributed by atoms with van der Waals surface area (Å²) >= 11 is 0. The van der Waals surface area contributed by atoms with Crippen LogP contribution < -0.4 is 0 Å². The molecule has 3 rings (SSSR count). The van der Waals surface area contributed by atoms with Crippen LogP contribution in [0.15, 0.2) is 24.3 Å². The second kappa shape index (κ2) is 5.81. The summed E-state index contributed by atoms with van der Waals surface area (Å²) < 4.78 is 0. The summed E-state index contributed by atoms with van der Waals surface area (Å²) in [4.78, 5) is 3.68. The first-order valence-corrected chi connectivity index (χ1v) is 7.99. The molecule has 1 atom stereocenters. The predicted octanol–water partition coefficient (Wildman–Crippen LogP) is 5.56. The fourth-order valence-electron chi connectivity index (χ4n) is 3.65. The summed E-state index contributed by atoms with van der Waals surface area (Å²) in [6, 6.07) is 8.87. The quantitative estimate of drug-likeness (QED) is 0.544. The lowest BCUT2D eigenvalue weighted by molar-refractivity contribution is 0.525. The second-order valence-electron chi connectivity index (χ2n) is 6.00. The topological polar surface area (TPSA) is 15.8 Å². The zero-order valence-corrected chi connectivity index (χ0v) is 12.0. The largest absolute Gasteiger partial charge is 0.358 e. The Hall–Kier alpha value is -1.24. The van der Waals surface area contributed by atoms with Crippen LogP contribution in [0.3, 0.4) is 0 Å². The molecule has 1 heterocycles. The first-order chi connectivity index (χ1) is 9.40. The molecule has 102 valence electrons. The van der Waals surface area contributed by atoms with Crippen LogP contribution in [0.4, 0.5) is 0 Å². The molecule has 2 aromatic rings. The van der Waals surface area contributed by atoms with Gasteiger partial charge < -0.3 is 4.98 Å². The van der Waals surface area contributed by atoms with E-state index in [1.54, 1.807) is 5.56 Å². The molecule has 19 heavy (non-hydrogen) atoms. The van der Waals surface area contributed by atoms with E-state index in [4.69, 9.17) is 0 Å². The van der Waals surface area contributed by atoms with Gasteiger partial charge >= 0.3 is 0 Å². The molecule has 0 amide bonds. The summed E-state index contributed by atoms with van der Waals surface area (Å²) in [5, 5.41) is 1.49. The molecular weight excluding hydrogens is 230 g/mol. The number of aromatic nitrogens is 1. The molecule has 0 fully saturated rings. The van der Waals surface area contributed by atoms with E-state index < -0.39 is 0 Å². The van der Waals surface area contributed by atoms with Gasteiger partial charge in [-0.05, 0) is 43.2 Å². The van der Waals surface area contributed by atoms with Gasteiger partial charge in [0, 0.05) is 16.6 Å². The number of aryl methyl sites for hydroxylation is 1. The zero-order chi connectivity index (χ0) is 13.1. The standard InChI is InChI=1S/C18H25N/c1-2-3-4-9-14-10-5-7-13-17-18(14)15-11-6-8-12-16(15)19-17/h6,8,11-12,14,19H,2-5,7,9-10,13H2,1H3. The van der Waals surface area contributed by atoms with Crippen LogP contribution in [-0.4, -0.2) is 4.98 Å². The molecule has 1 N–H and O–H groups in total. The first-order valence-electron chi connectivity index (χ1n) is 7.99. The van der Waals surface area contributed by atoms with Crippen molar-refractivity contribution in [2.24, 2.45) is 0 Å². The monoisotopic (exact) mass is 255 g/mol. The lowest BCUT2D eigenvalue weighted by Crippen LogP contribution is -1.99. The molecule has 0 radical (unpaired) electrons. The average molecular weight is 255 g/mol. The lowest BCUT2D eigenvalue weighted by atomic mass is 9.89. The summed E-state index contributed by atoms with van der Waals surface area (Å²) in [6.45, 7) is 2.30. The van der Waals surface area contributed by atoms with Gasteiger partial charge in [0.15, 0.2) is 0 Å². The lowest BCUT2D eigenvalue weighted by Gasteiger charge is -2.15. The number of hydrogen-bond acceptors (Lipinski definition) is 0. The molecule has 0 spiro atoms. The van der Waals surface area contributed by atoms with E-state index in [2.05, 4.69) is 36.2 Å². The van der Waals surface area contributed by atoms with Crippen molar-refractivity contribution in [2.45, 2.75) is 64.2 Å². The fourth-order valence-corrected chi connectivity index (χ4v) is 3.65. The number of hydrogen-bond donors (Lipinski definition) is 1. The van der Waals surface area contributed by atoms with Crippen LogP contribution >= 0.6 is 0 Å². The highest BCUT2D eigenvalue weighted by Gasteiger charge is 2.22. The number of H-pyrrole nitrogens is 1. The molecule has 1 aromatic heterocycles. The van der Waals surface area contributed by atoms with Crippen molar-refractivity contribution in [2.75, 3.05) is 0 Å². The smallest absolute Gasteiger partial charge is 0.0459 e. The molecular formula is C18H25N. The average Bonchev–Trinajstić information content (AvgIpc) is 2.68. The number of para-hydroxylation sites is 1. The Bertz CT molecular complexity index is 538. The summed E-state index contributed by atoms with van der Waals surface area (Å²) in [5.41, 5.74) is 4.53. The van der Waals surface area contributed by atoms with E-state index >= 15 is 0 Å². The number of unbranched alkanes of at least 4 members (excludes halogenated alkanes) is 2.